The highest BCUT2D eigenvalue weighted by atomic mass is 79.9. The molecule has 1 aromatic carbocycles. The molecule has 24 heavy (non-hydrogen) atoms. The smallest absolute Gasteiger partial charge is 0.243 e. The van der Waals surface area contributed by atoms with Gasteiger partial charge in [0.25, 0.3) is 0 Å². The molecule has 0 unspecified atom stereocenters. The number of benzene rings is 1. The Labute approximate surface area is 152 Å². The summed E-state index contributed by atoms with van der Waals surface area (Å²) in [4.78, 5) is 14.4. The molecule has 1 N–H and O–H groups in total. The molecule has 1 aliphatic heterocycles. The molecule has 2 rings (SSSR count). The van der Waals surface area contributed by atoms with Crippen molar-refractivity contribution in [2.75, 3.05) is 39.3 Å². The molecular formula is C16H24BrN3O3S. The van der Waals surface area contributed by atoms with Gasteiger partial charge in [-0.2, -0.15) is 4.31 Å². The fraction of sp³-hybridized carbons (Fsp3) is 0.562. The summed E-state index contributed by atoms with van der Waals surface area (Å²) < 4.78 is 28.0. The number of nitrogens with one attached hydrogen (secondary N) is 1. The van der Waals surface area contributed by atoms with Crippen LogP contribution in [0, 0.1) is 5.92 Å². The number of amides is 1. The Bertz CT molecular complexity index is 656. The van der Waals surface area contributed by atoms with Gasteiger partial charge in [0.1, 0.15) is 0 Å². The molecular weight excluding hydrogens is 394 g/mol. The molecule has 134 valence electrons. The first-order chi connectivity index (χ1) is 11.3. The lowest BCUT2D eigenvalue weighted by molar-refractivity contribution is -0.132. The van der Waals surface area contributed by atoms with Crippen LogP contribution in [-0.2, 0) is 14.8 Å². The number of hydrogen-bond donors (Lipinski definition) is 1. The van der Waals surface area contributed by atoms with Gasteiger partial charge in [0.15, 0.2) is 0 Å². The number of carbonyl (C=O) groups is 1. The molecule has 0 atom stereocenters. The van der Waals surface area contributed by atoms with Crippen LogP contribution < -0.4 is 5.32 Å². The van der Waals surface area contributed by atoms with Gasteiger partial charge in [-0.15, -0.1) is 0 Å². The standard InChI is InChI=1S/C16H24BrN3O3S/c1-13(2)11-20(12-16(21)19-9-7-18-8-10-19)24(22,23)15-5-3-14(17)4-6-15/h3-6,13,18H,7-12H2,1-2H3. The molecule has 1 amide bonds. The summed E-state index contributed by atoms with van der Waals surface area (Å²) in [5.41, 5.74) is 0. The first-order valence-electron chi connectivity index (χ1n) is 8.05. The Morgan fingerprint density at radius 3 is 2.38 bits per heavy atom. The minimum absolute atomic E-state index is 0.115. The quantitative estimate of drug-likeness (QED) is 0.761. The number of sulfonamides is 1. The van der Waals surface area contributed by atoms with Crippen LogP contribution in [0.15, 0.2) is 33.6 Å². The van der Waals surface area contributed by atoms with Crippen molar-refractivity contribution in [1.29, 1.82) is 0 Å². The Balaban J connectivity index is 2.20. The summed E-state index contributed by atoms with van der Waals surface area (Å²) in [6.07, 6.45) is 0. The Morgan fingerprint density at radius 2 is 1.83 bits per heavy atom. The highest BCUT2D eigenvalue weighted by Crippen LogP contribution is 2.20. The van der Waals surface area contributed by atoms with Crippen molar-refractivity contribution in [1.82, 2.24) is 14.5 Å². The Kier molecular flexibility index (Phi) is 6.79. The van der Waals surface area contributed by atoms with E-state index in [0.717, 1.165) is 17.6 Å². The van der Waals surface area contributed by atoms with Crippen LogP contribution in [-0.4, -0.2) is 62.8 Å². The lowest BCUT2D eigenvalue weighted by Gasteiger charge is -2.30. The summed E-state index contributed by atoms with van der Waals surface area (Å²) in [6, 6.07) is 6.50. The zero-order valence-corrected chi connectivity index (χ0v) is 16.4. The second-order valence-electron chi connectivity index (χ2n) is 6.28. The molecule has 8 heteroatoms. The van der Waals surface area contributed by atoms with Gasteiger partial charge in [-0.1, -0.05) is 29.8 Å². The van der Waals surface area contributed by atoms with E-state index in [2.05, 4.69) is 21.2 Å². The van der Waals surface area contributed by atoms with Crippen LogP contribution in [0.3, 0.4) is 0 Å². The number of nitrogens with zero attached hydrogens (tertiary/aromatic N) is 2. The van der Waals surface area contributed by atoms with E-state index in [4.69, 9.17) is 0 Å². The van der Waals surface area contributed by atoms with Gasteiger partial charge >= 0.3 is 0 Å². The van der Waals surface area contributed by atoms with E-state index in [1.54, 1.807) is 29.2 Å². The van der Waals surface area contributed by atoms with Crippen molar-refractivity contribution in [2.24, 2.45) is 5.92 Å². The fourth-order valence-corrected chi connectivity index (χ4v) is 4.39. The molecule has 1 aliphatic rings. The van der Waals surface area contributed by atoms with Crippen LogP contribution in [0.25, 0.3) is 0 Å². The van der Waals surface area contributed by atoms with Gasteiger partial charge in [0, 0.05) is 37.2 Å². The van der Waals surface area contributed by atoms with Crippen molar-refractivity contribution >= 4 is 31.9 Å². The van der Waals surface area contributed by atoms with Crippen molar-refractivity contribution in [3.63, 3.8) is 0 Å². The predicted molar refractivity (Wildman–Crippen MR) is 97.2 cm³/mol. The van der Waals surface area contributed by atoms with E-state index in [9.17, 15) is 13.2 Å². The third-order valence-electron chi connectivity index (χ3n) is 3.80. The van der Waals surface area contributed by atoms with Gasteiger partial charge in [0.05, 0.1) is 11.4 Å². The molecule has 1 fully saturated rings. The summed E-state index contributed by atoms with van der Waals surface area (Å²) >= 11 is 3.31. The summed E-state index contributed by atoms with van der Waals surface area (Å²) in [7, 11) is -3.70. The number of hydrogen-bond acceptors (Lipinski definition) is 4. The molecule has 0 bridgehead atoms. The Hall–Kier alpha value is -0.960. The van der Waals surface area contributed by atoms with Crippen molar-refractivity contribution in [3.8, 4) is 0 Å². The monoisotopic (exact) mass is 417 g/mol. The van der Waals surface area contributed by atoms with Crippen LogP contribution in [0.4, 0.5) is 0 Å². The SMILES string of the molecule is CC(C)CN(CC(=O)N1CCNCC1)S(=O)(=O)c1ccc(Br)cc1. The highest BCUT2D eigenvalue weighted by Gasteiger charge is 2.29. The maximum Gasteiger partial charge on any atom is 0.243 e. The third kappa shape index (κ3) is 5.02. The summed E-state index contributed by atoms with van der Waals surface area (Å²) in [5, 5.41) is 3.19. The minimum atomic E-state index is -3.70. The van der Waals surface area contributed by atoms with E-state index in [-0.39, 0.29) is 23.3 Å². The first-order valence-corrected chi connectivity index (χ1v) is 10.3. The zero-order valence-electron chi connectivity index (χ0n) is 14.0. The lowest BCUT2D eigenvalue weighted by Crippen LogP contribution is -2.50. The number of rotatable bonds is 6. The largest absolute Gasteiger partial charge is 0.339 e. The van der Waals surface area contributed by atoms with E-state index < -0.39 is 10.0 Å². The second-order valence-corrected chi connectivity index (χ2v) is 9.13. The normalized spacial score (nSPS) is 16.0. The predicted octanol–water partition coefficient (Wildman–Crippen LogP) is 1.53. The Morgan fingerprint density at radius 1 is 1.25 bits per heavy atom. The molecule has 1 heterocycles. The number of halogens is 1. The second kappa shape index (κ2) is 8.42. The minimum Gasteiger partial charge on any atom is -0.339 e. The maximum absolute atomic E-state index is 12.9. The fourth-order valence-electron chi connectivity index (χ4n) is 2.58. The van der Waals surface area contributed by atoms with Crippen LogP contribution >= 0.6 is 15.9 Å². The van der Waals surface area contributed by atoms with Gasteiger partial charge in [-0.25, -0.2) is 8.42 Å². The molecule has 0 aliphatic carbocycles. The van der Waals surface area contributed by atoms with Crippen LogP contribution in [0.1, 0.15) is 13.8 Å². The molecule has 0 aromatic heterocycles. The van der Waals surface area contributed by atoms with Crippen LogP contribution in [0.5, 0.6) is 0 Å². The molecule has 1 aromatic rings. The third-order valence-corrected chi connectivity index (χ3v) is 6.16. The van der Waals surface area contributed by atoms with Crippen molar-refractivity contribution in [2.45, 2.75) is 18.7 Å². The van der Waals surface area contributed by atoms with E-state index in [1.807, 2.05) is 13.8 Å². The molecule has 6 nitrogen and oxygen atoms in total. The van der Waals surface area contributed by atoms with Gasteiger partial charge in [-0.05, 0) is 30.2 Å². The van der Waals surface area contributed by atoms with Crippen LogP contribution in [0.2, 0.25) is 0 Å². The average molecular weight is 418 g/mol. The van der Waals surface area contributed by atoms with Gasteiger partial charge < -0.3 is 10.2 Å². The molecule has 1 saturated heterocycles. The summed E-state index contributed by atoms with van der Waals surface area (Å²) in [6.45, 7) is 6.82. The molecule has 0 spiro atoms. The molecule has 0 saturated carbocycles. The highest BCUT2D eigenvalue weighted by molar-refractivity contribution is 9.10. The first kappa shape index (κ1) is 19.4. The number of carbonyl (C=O) groups excluding carboxylic acids is 1. The number of piperazine rings is 1. The average Bonchev–Trinajstić information content (AvgIpc) is 2.55. The lowest BCUT2D eigenvalue weighted by atomic mass is 10.2. The van der Waals surface area contributed by atoms with Crippen molar-refractivity contribution in [3.05, 3.63) is 28.7 Å². The van der Waals surface area contributed by atoms with E-state index >= 15 is 0 Å². The zero-order chi connectivity index (χ0) is 17.7. The summed E-state index contributed by atoms with van der Waals surface area (Å²) in [5.74, 6) is -0.0103. The molecule has 0 radical (unpaired) electrons. The maximum atomic E-state index is 12.9. The van der Waals surface area contributed by atoms with Crippen molar-refractivity contribution < 1.29 is 13.2 Å². The topological polar surface area (TPSA) is 69.7 Å². The van der Waals surface area contributed by atoms with E-state index in [1.165, 1.54) is 4.31 Å². The van der Waals surface area contributed by atoms with Gasteiger partial charge in [0.2, 0.25) is 15.9 Å². The van der Waals surface area contributed by atoms with Gasteiger partial charge in [-0.3, -0.25) is 4.79 Å². The van der Waals surface area contributed by atoms with E-state index in [0.29, 0.717) is 19.6 Å².